The van der Waals surface area contributed by atoms with E-state index in [1.807, 2.05) is 0 Å². The second kappa shape index (κ2) is 4.73. The van der Waals surface area contributed by atoms with E-state index < -0.39 is 5.67 Å². The van der Waals surface area contributed by atoms with Crippen molar-refractivity contribution in [2.75, 3.05) is 13.1 Å². The van der Waals surface area contributed by atoms with Crippen LogP contribution in [0.1, 0.15) is 43.7 Å². The van der Waals surface area contributed by atoms with Gasteiger partial charge in [-0.25, -0.2) is 8.78 Å². The number of hydrogen-bond donors (Lipinski definition) is 1. The fourth-order valence-corrected chi connectivity index (χ4v) is 2.34. The van der Waals surface area contributed by atoms with Gasteiger partial charge in [-0.1, -0.05) is 6.07 Å². The van der Waals surface area contributed by atoms with Crippen molar-refractivity contribution in [2.24, 2.45) is 0 Å². The molecular formula is C14H19F2N. The van der Waals surface area contributed by atoms with E-state index in [2.05, 4.69) is 5.32 Å². The summed E-state index contributed by atoms with van der Waals surface area (Å²) in [6, 6.07) is 4.61. The van der Waals surface area contributed by atoms with E-state index in [0.29, 0.717) is 11.1 Å². The number of nitrogens with one attached hydrogen (secondary N) is 1. The Morgan fingerprint density at radius 3 is 2.71 bits per heavy atom. The lowest BCUT2D eigenvalue weighted by Gasteiger charge is -2.25. The Balaban J connectivity index is 2.31. The van der Waals surface area contributed by atoms with Crippen LogP contribution in [0.4, 0.5) is 8.78 Å². The van der Waals surface area contributed by atoms with Crippen LogP contribution in [0.5, 0.6) is 0 Å². The van der Waals surface area contributed by atoms with E-state index in [1.165, 1.54) is 26.0 Å². The van der Waals surface area contributed by atoms with Crippen LogP contribution in [-0.2, 0) is 5.67 Å². The zero-order valence-corrected chi connectivity index (χ0v) is 10.4. The summed E-state index contributed by atoms with van der Waals surface area (Å²) in [5.74, 6) is -0.0437. The van der Waals surface area contributed by atoms with E-state index >= 15 is 0 Å². The molecule has 0 aromatic heterocycles. The summed E-state index contributed by atoms with van der Waals surface area (Å²) in [6.07, 6.45) is 2.02. The largest absolute Gasteiger partial charge is 0.316 e. The van der Waals surface area contributed by atoms with Gasteiger partial charge in [0.05, 0.1) is 0 Å². The second-order valence-corrected chi connectivity index (χ2v) is 5.25. The van der Waals surface area contributed by atoms with E-state index in [4.69, 9.17) is 0 Å². The molecule has 1 aromatic carbocycles. The van der Waals surface area contributed by atoms with Gasteiger partial charge >= 0.3 is 0 Å². The molecule has 0 spiro atoms. The number of benzene rings is 1. The summed E-state index contributed by atoms with van der Waals surface area (Å²) in [5, 5.41) is 3.26. The molecule has 1 saturated heterocycles. The second-order valence-electron chi connectivity index (χ2n) is 5.25. The average Bonchev–Trinajstić information content (AvgIpc) is 2.29. The van der Waals surface area contributed by atoms with Crippen molar-refractivity contribution in [1.82, 2.24) is 5.32 Å². The van der Waals surface area contributed by atoms with Crippen molar-refractivity contribution in [2.45, 2.75) is 38.3 Å². The molecule has 1 N–H and O–H groups in total. The molecule has 0 amide bonds. The van der Waals surface area contributed by atoms with Crippen LogP contribution in [-0.4, -0.2) is 13.1 Å². The highest BCUT2D eigenvalue weighted by atomic mass is 19.1. The van der Waals surface area contributed by atoms with Crippen molar-refractivity contribution >= 4 is 0 Å². The molecule has 1 fully saturated rings. The normalized spacial score (nSPS) is 21.5. The minimum atomic E-state index is -1.41. The average molecular weight is 239 g/mol. The Hall–Kier alpha value is -0.960. The maximum atomic E-state index is 13.9. The van der Waals surface area contributed by atoms with Crippen molar-refractivity contribution in [1.29, 1.82) is 0 Å². The monoisotopic (exact) mass is 239 g/mol. The van der Waals surface area contributed by atoms with Gasteiger partial charge in [0.15, 0.2) is 0 Å². The molecule has 1 atom stereocenters. The molecule has 17 heavy (non-hydrogen) atoms. The maximum Gasteiger partial charge on any atom is 0.130 e. The molecule has 94 valence electrons. The first-order valence-electron chi connectivity index (χ1n) is 6.18. The van der Waals surface area contributed by atoms with Crippen molar-refractivity contribution in [3.63, 3.8) is 0 Å². The number of alkyl halides is 1. The molecular weight excluding hydrogens is 220 g/mol. The lowest BCUT2D eigenvalue weighted by molar-refractivity contribution is 0.221. The molecule has 1 aliphatic heterocycles. The Labute approximate surface area is 101 Å². The first kappa shape index (κ1) is 12.5. The van der Waals surface area contributed by atoms with Gasteiger partial charge in [0.2, 0.25) is 0 Å². The molecule has 1 aromatic rings. The van der Waals surface area contributed by atoms with Crippen LogP contribution in [0.3, 0.4) is 0 Å². The van der Waals surface area contributed by atoms with Gasteiger partial charge < -0.3 is 5.32 Å². The Kier molecular flexibility index (Phi) is 3.48. The lowest BCUT2D eigenvalue weighted by atomic mass is 9.88. The molecule has 2 rings (SSSR count). The van der Waals surface area contributed by atoms with E-state index in [0.717, 1.165) is 25.9 Å². The molecule has 3 heteroatoms. The van der Waals surface area contributed by atoms with Crippen LogP contribution >= 0.6 is 0 Å². The van der Waals surface area contributed by atoms with Crippen LogP contribution in [0.25, 0.3) is 0 Å². The number of halogens is 2. The molecule has 1 nitrogen and oxygen atoms in total. The summed E-state index contributed by atoms with van der Waals surface area (Å²) < 4.78 is 27.7. The molecule has 0 radical (unpaired) electrons. The Bertz CT molecular complexity index is 390. The van der Waals surface area contributed by atoms with Gasteiger partial charge in [0, 0.05) is 6.54 Å². The predicted octanol–water partition coefficient (Wildman–Crippen LogP) is 3.50. The van der Waals surface area contributed by atoms with E-state index in [-0.39, 0.29) is 11.7 Å². The lowest BCUT2D eigenvalue weighted by Crippen LogP contribution is -2.29. The first-order valence-corrected chi connectivity index (χ1v) is 6.18. The summed E-state index contributed by atoms with van der Waals surface area (Å²) in [4.78, 5) is 0. The van der Waals surface area contributed by atoms with E-state index in [9.17, 15) is 8.78 Å². The van der Waals surface area contributed by atoms with Gasteiger partial charge in [-0.05, 0) is 62.4 Å². The zero-order valence-electron chi connectivity index (χ0n) is 10.4. The Morgan fingerprint density at radius 1 is 1.35 bits per heavy atom. The van der Waals surface area contributed by atoms with Gasteiger partial charge in [0.1, 0.15) is 11.5 Å². The van der Waals surface area contributed by atoms with Crippen LogP contribution in [0.2, 0.25) is 0 Å². The summed E-state index contributed by atoms with van der Waals surface area (Å²) in [7, 11) is 0. The molecule has 0 bridgehead atoms. The number of piperidine rings is 1. The van der Waals surface area contributed by atoms with Crippen molar-refractivity contribution in [3.05, 3.63) is 35.1 Å². The Morgan fingerprint density at radius 2 is 2.12 bits per heavy atom. The fraction of sp³-hybridized carbons (Fsp3) is 0.571. The molecule has 1 heterocycles. The zero-order chi connectivity index (χ0) is 12.5. The van der Waals surface area contributed by atoms with E-state index in [1.54, 1.807) is 6.07 Å². The van der Waals surface area contributed by atoms with Gasteiger partial charge in [-0.15, -0.1) is 0 Å². The van der Waals surface area contributed by atoms with Crippen LogP contribution in [0, 0.1) is 5.82 Å². The highest BCUT2D eigenvalue weighted by Gasteiger charge is 2.23. The minimum absolute atomic E-state index is 0.172. The first-order chi connectivity index (χ1) is 7.98. The molecule has 1 unspecified atom stereocenters. The smallest absolute Gasteiger partial charge is 0.130 e. The van der Waals surface area contributed by atoms with Gasteiger partial charge in [-0.2, -0.15) is 0 Å². The summed E-state index contributed by atoms with van der Waals surface area (Å²) in [5.41, 5.74) is -0.204. The third kappa shape index (κ3) is 2.83. The third-order valence-electron chi connectivity index (χ3n) is 3.42. The topological polar surface area (TPSA) is 12.0 Å². The highest BCUT2D eigenvalue weighted by molar-refractivity contribution is 5.31. The summed E-state index contributed by atoms with van der Waals surface area (Å²) >= 11 is 0. The number of rotatable bonds is 2. The SMILES string of the molecule is CC(C)(F)c1ccc(F)c(C2CCCNC2)c1. The van der Waals surface area contributed by atoms with Gasteiger partial charge in [-0.3, -0.25) is 0 Å². The standard InChI is InChI=1S/C14H19F2N/c1-14(2,16)11-5-6-13(15)12(8-11)10-4-3-7-17-9-10/h5-6,8,10,17H,3-4,7,9H2,1-2H3. The minimum Gasteiger partial charge on any atom is -0.316 e. The third-order valence-corrected chi connectivity index (χ3v) is 3.42. The van der Waals surface area contributed by atoms with Crippen LogP contribution < -0.4 is 5.32 Å². The van der Waals surface area contributed by atoms with Gasteiger partial charge in [0.25, 0.3) is 0 Å². The van der Waals surface area contributed by atoms with Crippen LogP contribution in [0.15, 0.2) is 18.2 Å². The quantitative estimate of drug-likeness (QED) is 0.833. The molecule has 0 saturated carbocycles. The van der Waals surface area contributed by atoms with Crippen molar-refractivity contribution in [3.8, 4) is 0 Å². The fourth-order valence-electron chi connectivity index (χ4n) is 2.34. The number of hydrogen-bond acceptors (Lipinski definition) is 1. The predicted molar refractivity (Wildman–Crippen MR) is 65.4 cm³/mol. The summed E-state index contributed by atoms with van der Waals surface area (Å²) in [6.45, 7) is 4.78. The maximum absolute atomic E-state index is 13.9. The molecule has 1 aliphatic rings. The highest BCUT2D eigenvalue weighted by Crippen LogP contribution is 2.31. The molecule has 0 aliphatic carbocycles. The van der Waals surface area contributed by atoms with Crippen molar-refractivity contribution < 1.29 is 8.78 Å².